The van der Waals surface area contributed by atoms with Crippen LogP contribution in [0, 0.1) is 0 Å². The van der Waals surface area contributed by atoms with Gasteiger partial charge >= 0.3 is 0 Å². The van der Waals surface area contributed by atoms with Crippen LogP contribution in [0.15, 0.2) is 12.1 Å². The zero-order chi connectivity index (χ0) is 11.5. The highest BCUT2D eigenvalue weighted by atomic mass is 14.9. The van der Waals surface area contributed by atoms with Gasteiger partial charge in [-0.2, -0.15) is 0 Å². The van der Waals surface area contributed by atoms with Crippen LogP contribution in [0.1, 0.15) is 43.4 Å². The van der Waals surface area contributed by atoms with E-state index >= 15 is 0 Å². The van der Waals surface area contributed by atoms with Crippen molar-refractivity contribution < 1.29 is 0 Å². The van der Waals surface area contributed by atoms with Crippen molar-refractivity contribution in [3.05, 3.63) is 23.3 Å². The Hall–Kier alpha value is -1.22. The predicted octanol–water partition coefficient (Wildman–Crippen LogP) is 2.43. The van der Waals surface area contributed by atoms with Crippen molar-refractivity contribution in [3.63, 3.8) is 0 Å². The highest BCUT2D eigenvalue weighted by Crippen LogP contribution is 2.31. The Morgan fingerprint density at radius 2 is 2.25 bits per heavy atom. The molecule has 0 spiro atoms. The highest BCUT2D eigenvalue weighted by molar-refractivity contribution is 5.65. The van der Waals surface area contributed by atoms with E-state index in [4.69, 9.17) is 11.5 Å². The summed E-state index contributed by atoms with van der Waals surface area (Å²) in [5.74, 6) is 0. The summed E-state index contributed by atoms with van der Waals surface area (Å²) in [5, 5.41) is 3.38. The van der Waals surface area contributed by atoms with Crippen LogP contribution < -0.4 is 16.8 Å². The summed E-state index contributed by atoms with van der Waals surface area (Å²) < 4.78 is 0. The van der Waals surface area contributed by atoms with Gasteiger partial charge in [-0.15, -0.1) is 0 Å². The number of nitrogen functional groups attached to an aromatic ring is 1. The van der Waals surface area contributed by atoms with Crippen LogP contribution in [-0.4, -0.2) is 6.54 Å². The average Bonchev–Trinajstić information content (AvgIpc) is 2.28. The molecule has 0 bridgehead atoms. The first kappa shape index (κ1) is 11.3. The monoisotopic (exact) mass is 219 g/mol. The van der Waals surface area contributed by atoms with Gasteiger partial charge in [0.05, 0.1) is 0 Å². The van der Waals surface area contributed by atoms with Crippen LogP contribution in [0.4, 0.5) is 11.4 Å². The molecule has 3 nitrogen and oxygen atoms in total. The first-order valence-electron chi connectivity index (χ1n) is 6.14. The minimum absolute atomic E-state index is 0.0808. The second kappa shape index (κ2) is 4.74. The largest absolute Gasteiger partial charge is 0.398 e. The van der Waals surface area contributed by atoms with Gasteiger partial charge in [0, 0.05) is 24.0 Å². The van der Waals surface area contributed by atoms with Crippen molar-refractivity contribution in [2.45, 2.75) is 38.6 Å². The number of anilines is 2. The average molecular weight is 219 g/mol. The standard InChI is InChI=1S/C13H21N3/c1-2-4-11(14)10-7-9-5-3-6-16-13(9)8-12(10)15/h7-8,11,16H,2-6,14-15H2,1H3. The van der Waals surface area contributed by atoms with Crippen LogP contribution in [-0.2, 0) is 6.42 Å². The Labute approximate surface area is 97.2 Å². The molecule has 0 fully saturated rings. The molecule has 1 heterocycles. The number of nitrogens with one attached hydrogen (secondary N) is 1. The number of hydrogen-bond acceptors (Lipinski definition) is 3. The Kier molecular flexibility index (Phi) is 3.34. The van der Waals surface area contributed by atoms with Crippen LogP contribution in [0.25, 0.3) is 0 Å². The zero-order valence-electron chi connectivity index (χ0n) is 9.92. The topological polar surface area (TPSA) is 64.1 Å². The van der Waals surface area contributed by atoms with Gasteiger partial charge < -0.3 is 16.8 Å². The first-order valence-corrected chi connectivity index (χ1v) is 6.14. The fraction of sp³-hybridized carbons (Fsp3) is 0.538. The van der Waals surface area contributed by atoms with E-state index in [2.05, 4.69) is 18.3 Å². The van der Waals surface area contributed by atoms with Gasteiger partial charge in [-0.3, -0.25) is 0 Å². The quantitative estimate of drug-likeness (QED) is 0.684. The normalized spacial score (nSPS) is 16.4. The number of aryl methyl sites for hydroxylation is 1. The number of rotatable bonds is 3. The summed E-state index contributed by atoms with van der Waals surface area (Å²) in [6, 6.07) is 4.31. The molecule has 0 aromatic heterocycles. The fourth-order valence-corrected chi connectivity index (χ4v) is 2.34. The Morgan fingerprint density at radius 3 is 3.00 bits per heavy atom. The number of hydrogen-bond donors (Lipinski definition) is 3. The molecule has 0 saturated carbocycles. The van der Waals surface area contributed by atoms with Crippen molar-refractivity contribution in [2.75, 3.05) is 17.6 Å². The summed E-state index contributed by atoms with van der Waals surface area (Å²) in [6.45, 7) is 3.20. The minimum Gasteiger partial charge on any atom is -0.398 e. The molecule has 0 saturated heterocycles. The maximum absolute atomic E-state index is 6.14. The number of nitrogens with two attached hydrogens (primary N) is 2. The molecule has 1 aliphatic heterocycles. The van der Waals surface area contributed by atoms with Crippen LogP contribution in [0.5, 0.6) is 0 Å². The first-order chi connectivity index (χ1) is 7.72. The van der Waals surface area contributed by atoms with Crippen molar-refractivity contribution in [1.29, 1.82) is 0 Å². The molecule has 1 atom stereocenters. The highest BCUT2D eigenvalue weighted by Gasteiger charge is 2.15. The second-order valence-electron chi connectivity index (χ2n) is 4.56. The molecule has 0 aliphatic carbocycles. The van der Waals surface area contributed by atoms with Gasteiger partial charge in [-0.1, -0.05) is 19.4 Å². The van der Waals surface area contributed by atoms with Gasteiger partial charge in [0.2, 0.25) is 0 Å². The molecule has 3 heteroatoms. The summed E-state index contributed by atoms with van der Waals surface area (Å²) in [5.41, 5.74) is 16.7. The summed E-state index contributed by atoms with van der Waals surface area (Å²) in [6.07, 6.45) is 4.42. The molecule has 0 radical (unpaired) electrons. The third kappa shape index (κ3) is 2.14. The van der Waals surface area contributed by atoms with Gasteiger partial charge in [0.1, 0.15) is 0 Å². The lowest BCUT2D eigenvalue weighted by Gasteiger charge is -2.22. The molecule has 1 aliphatic rings. The van der Waals surface area contributed by atoms with Crippen LogP contribution >= 0.6 is 0 Å². The summed E-state index contributed by atoms with van der Waals surface area (Å²) >= 11 is 0. The van der Waals surface area contributed by atoms with E-state index in [-0.39, 0.29) is 6.04 Å². The summed E-state index contributed by atoms with van der Waals surface area (Å²) in [7, 11) is 0. The zero-order valence-corrected chi connectivity index (χ0v) is 9.92. The van der Waals surface area contributed by atoms with Gasteiger partial charge in [-0.05, 0) is 36.5 Å². The third-order valence-corrected chi connectivity index (χ3v) is 3.25. The fourth-order valence-electron chi connectivity index (χ4n) is 2.34. The molecular weight excluding hydrogens is 198 g/mol. The van der Waals surface area contributed by atoms with Crippen molar-refractivity contribution in [1.82, 2.24) is 0 Å². The van der Waals surface area contributed by atoms with Gasteiger partial charge in [0.15, 0.2) is 0 Å². The molecule has 1 unspecified atom stereocenters. The number of fused-ring (bicyclic) bond motifs is 1. The van der Waals surface area contributed by atoms with Crippen molar-refractivity contribution in [3.8, 4) is 0 Å². The molecule has 88 valence electrons. The Morgan fingerprint density at radius 1 is 1.44 bits per heavy atom. The van der Waals surface area contributed by atoms with Gasteiger partial charge in [-0.25, -0.2) is 0 Å². The predicted molar refractivity (Wildman–Crippen MR) is 69.5 cm³/mol. The molecule has 2 rings (SSSR count). The minimum atomic E-state index is 0.0808. The lowest BCUT2D eigenvalue weighted by Crippen LogP contribution is -2.16. The van der Waals surface area contributed by atoms with E-state index in [1.165, 1.54) is 17.7 Å². The Bertz CT molecular complexity index is 374. The van der Waals surface area contributed by atoms with Gasteiger partial charge in [0.25, 0.3) is 0 Å². The lowest BCUT2D eigenvalue weighted by molar-refractivity contribution is 0.638. The SMILES string of the molecule is CCCC(N)c1cc2c(cc1N)NCCC2. The van der Waals surface area contributed by atoms with E-state index in [0.29, 0.717) is 0 Å². The van der Waals surface area contributed by atoms with E-state index in [0.717, 1.165) is 37.1 Å². The molecule has 1 aromatic carbocycles. The molecular formula is C13H21N3. The molecule has 16 heavy (non-hydrogen) atoms. The van der Waals surface area contributed by atoms with E-state index in [9.17, 15) is 0 Å². The number of benzene rings is 1. The van der Waals surface area contributed by atoms with E-state index < -0.39 is 0 Å². The van der Waals surface area contributed by atoms with Crippen LogP contribution in [0.3, 0.4) is 0 Å². The maximum Gasteiger partial charge on any atom is 0.0393 e. The van der Waals surface area contributed by atoms with E-state index in [1.807, 2.05) is 6.07 Å². The maximum atomic E-state index is 6.14. The third-order valence-electron chi connectivity index (χ3n) is 3.25. The smallest absolute Gasteiger partial charge is 0.0393 e. The van der Waals surface area contributed by atoms with Crippen molar-refractivity contribution >= 4 is 11.4 Å². The Balaban J connectivity index is 2.31. The summed E-state index contributed by atoms with van der Waals surface area (Å²) in [4.78, 5) is 0. The second-order valence-corrected chi connectivity index (χ2v) is 4.56. The molecule has 0 amide bonds. The molecule has 5 N–H and O–H groups in total. The lowest BCUT2D eigenvalue weighted by atomic mass is 9.94. The van der Waals surface area contributed by atoms with E-state index in [1.54, 1.807) is 0 Å². The van der Waals surface area contributed by atoms with Crippen LogP contribution in [0.2, 0.25) is 0 Å². The van der Waals surface area contributed by atoms with Crippen molar-refractivity contribution in [2.24, 2.45) is 5.73 Å². The molecule has 1 aromatic rings.